The molecule has 2 unspecified atom stereocenters. The van der Waals surface area contributed by atoms with Crippen LogP contribution in [0.15, 0.2) is 11.1 Å². The van der Waals surface area contributed by atoms with Crippen LogP contribution in [0.2, 0.25) is 0 Å². The Kier molecular flexibility index (Phi) is 2.35. The molecule has 4 aliphatic heterocycles. The molecule has 0 aromatic carbocycles. The van der Waals surface area contributed by atoms with Gasteiger partial charge in [-0.05, 0) is 30.3 Å². The summed E-state index contributed by atoms with van der Waals surface area (Å²) in [7, 11) is 0. The van der Waals surface area contributed by atoms with Crippen molar-refractivity contribution in [2.45, 2.75) is 80.9 Å². The first-order valence-corrected chi connectivity index (χ1v) is 10.1. The van der Waals surface area contributed by atoms with E-state index in [2.05, 4.69) is 20.8 Å². The smallest absolute Gasteiger partial charge is 0.337 e. The molecule has 27 heavy (non-hydrogen) atoms. The summed E-state index contributed by atoms with van der Waals surface area (Å²) in [5.41, 5.74) is -1.12. The molecular formula is C20H24O7. The zero-order valence-corrected chi connectivity index (χ0v) is 15.6. The normalized spacial score (nSPS) is 64.0. The van der Waals surface area contributed by atoms with Gasteiger partial charge in [-0.25, -0.2) is 4.79 Å². The number of cyclic esters (lactones) is 1. The van der Waals surface area contributed by atoms with Crippen LogP contribution >= 0.6 is 0 Å². The highest BCUT2D eigenvalue weighted by Gasteiger charge is 3.00. The zero-order valence-electron chi connectivity index (χ0n) is 15.6. The van der Waals surface area contributed by atoms with E-state index in [4.69, 9.17) is 18.9 Å². The van der Waals surface area contributed by atoms with Gasteiger partial charge in [-0.2, -0.15) is 0 Å². The van der Waals surface area contributed by atoms with Gasteiger partial charge in [-0.15, -0.1) is 0 Å². The predicted molar refractivity (Wildman–Crippen MR) is 88.5 cm³/mol. The molecular weight excluding hydrogens is 352 g/mol. The van der Waals surface area contributed by atoms with Crippen molar-refractivity contribution >= 4 is 5.97 Å². The molecule has 0 bridgehead atoms. The fourth-order valence-corrected chi connectivity index (χ4v) is 7.80. The van der Waals surface area contributed by atoms with E-state index >= 15 is 0 Å². The molecule has 3 saturated heterocycles. The number of hydrogen-bond acceptors (Lipinski definition) is 7. The first kappa shape index (κ1) is 15.9. The molecule has 3 aliphatic carbocycles. The van der Waals surface area contributed by atoms with E-state index in [9.17, 15) is 15.0 Å². The number of aliphatic hydroxyl groups is 2. The number of carbonyl (C=O) groups is 1. The predicted octanol–water partition coefficient (Wildman–Crippen LogP) is 0.0739. The average Bonchev–Trinajstić information content (AvgIpc) is 3.48. The molecule has 7 aliphatic rings. The molecule has 2 N–H and O–H groups in total. The van der Waals surface area contributed by atoms with Crippen LogP contribution in [-0.2, 0) is 23.7 Å². The van der Waals surface area contributed by atoms with Crippen LogP contribution in [0.3, 0.4) is 0 Å². The second-order valence-electron chi connectivity index (χ2n) is 10.1. The van der Waals surface area contributed by atoms with Crippen molar-refractivity contribution < 1.29 is 34.0 Å². The van der Waals surface area contributed by atoms with Gasteiger partial charge in [0.25, 0.3) is 0 Å². The summed E-state index contributed by atoms with van der Waals surface area (Å²) < 4.78 is 24.1. The molecule has 7 rings (SSSR count). The van der Waals surface area contributed by atoms with Gasteiger partial charge in [0.2, 0.25) is 0 Å². The van der Waals surface area contributed by atoms with Crippen molar-refractivity contribution in [2.24, 2.45) is 17.3 Å². The van der Waals surface area contributed by atoms with Gasteiger partial charge in [-0.1, -0.05) is 20.8 Å². The molecule has 0 aromatic heterocycles. The SMILES string of the molecule is CC(C)C12OC1[C@H]1O[C@@]13[C@@]1(O[C@@H]1C[C@@H]1C4=C(C(=O)OC4)[C@H](O)C[C@]13C)[C@H]2O. The third kappa shape index (κ3) is 1.27. The maximum absolute atomic E-state index is 12.1. The number of fused-ring (bicyclic) bond motifs is 4. The lowest BCUT2D eigenvalue weighted by Crippen LogP contribution is -2.69. The minimum Gasteiger partial charge on any atom is -0.458 e. The van der Waals surface area contributed by atoms with Crippen molar-refractivity contribution in [1.82, 2.24) is 0 Å². The zero-order chi connectivity index (χ0) is 18.7. The summed E-state index contributed by atoms with van der Waals surface area (Å²) >= 11 is 0. The number of ether oxygens (including phenoxy) is 4. The molecule has 2 spiro atoms. The summed E-state index contributed by atoms with van der Waals surface area (Å²) in [4.78, 5) is 12.1. The van der Waals surface area contributed by atoms with E-state index in [1.807, 2.05) is 0 Å². The molecule has 2 saturated carbocycles. The average molecular weight is 376 g/mol. The topological polar surface area (TPSA) is 104 Å². The minimum atomic E-state index is -0.864. The third-order valence-corrected chi connectivity index (χ3v) is 9.09. The van der Waals surface area contributed by atoms with Crippen LogP contribution in [-0.4, -0.2) is 70.1 Å². The van der Waals surface area contributed by atoms with Crippen molar-refractivity contribution in [2.75, 3.05) is 6.61 Å². The lowest BCUT2D eigenvalue weighted by molar-refractivity contribution is -0.137. The maximum Gasteiger partial charge on any atom is 0.337 e. The van der Waals surface area contributed by atoms with E-state index in [1.165, 1.54) is 0 Å². The molecule has 0 aromatic rings. The number of carbonyl (C=O) groups excluding carboxylic acids is 1. The van der Waals surface area contributed by atoms with Crippen molar-refractivity contribution in [3.05, 3.63) is 11.1 Å². The van der Waals surface area contributed by atoms with E-state index in [1.54, 1.807) is 0 Å². The first-order valence-electron chi connectivity index (χ1n) is 10.1. The van der Waals surface area contributed by atoms with Gasteiger partial charge in [0.1, 0.15) is 36.1 Å². The third-order valence-electron chi connectivity index (χ3n) is 9.09. The second-order valence-corrected chi connectivity index (χ2v) is 10.1. The Bertz CT molecular complexity index is 851. The summed E-state index contributed by atoms with van der Waals surface area (Å²) in [5.74, 6) is -0.186. The van der Waals surface area contributed by atoms with Gasteiger partial charge in [0, 0.05) is 5.41 Å². The van der Waals surface area contributed by atoms with Gasteiger partial charge < -0.3 is 29.2 Å². The summed E-state index contributed by atoms with van der Waals surface area (Å²) in [6, 6.07) is 0. The Morgan fingerprint density at radius 2 is 1.93 bits per heavy atom. The molecule has 7 nitrogen and oxygen atoms in total. The molecule has 10 atom stereocenters. The Morgan fingerprint density at radius 3 is 2.67 bits per heavy atom. The van der Waals surface area contributed by atoms with E-state index < -0.39 is 40.4 Å². The number of aliphatic hydroxyl groups excluding tert-OH is 2. The van der Waals surface area contributed by atoms with Crippen LogP contribution in [0, 0.1) is 17.3 Å². The lowest BCUT2D eigenvalue weighted by Gasteiger charge is -2.54. The van der Waals surface area contributed by atoms with Crippen molar-refractivity contribution in [1.29, 1.82) is 0 Å². The Balaban J connectivity index is 1.40. The second kappa shape index (κ2) is 4.00. The van der Waals surface area contributed by atoms with Crippen LogP contribution in [0.4, 0.5) is 0 Å². The highest BCUT2D eigenvalue weighted by Crippen LogP contribution is 2.82. The van der Waals surface area contributed by atoms with Crippen molar-refractivity contribution in [3.8, 4) is 0 Å². The fourth-order valence-electron chi connectivity index (χ4n) is 7.80. The van der Waals surface area contributed by atoms with Gasteiger partial charge >= 0.3 is 5.97 Å². The fraction of sp³-hybridized carbons (Fsp3) is 0.850. The maximum atomic E-state index is 12.1. The van der Waals surface area contributed by atoms with Crippen LogP contribution in [0.25, 0.3) is 0 Å². The van der Waals surface area contributed by atoms with Gasteiger partial charge in [0.05, 0.1) is 17.8 Å². The summed E-state index contributed by atoms with van der Waals surface area (Å²) in [6.45, 7) is 6.51. The first-order chi connectivity index (χ1) is 12.8. The minimum absolute atomic E-state index is 0.0467. The van der Waals surface area contributed by atoms with Crippen LogP contribution in [0.5, 0.6) is 0 Å². The Labute approximate surface area is 156 Å². The molecule has 5 fully saturated rings. The highest BCUT2D eigenvalue weighted by atomic mass is 16.7. The summed E-state index contributed by atoms with van der Waals surface area (Å²) in [5, 5.41) is 22.3. The Hall–Kier alpha value is -0.990. The van der Waals surface area contributed by atoms with Crippen LogP contribution < -0.4 is 0 Å². The quantitative estimate of drug-likeness (QED) is 0.493. The van der Waals surface area contributed by atoms with E-state index in [-0.39, 0.29) is 36.8 Å². The Morgan fingerprint density at radius 1 is 1.15 bits per heavy atom. The van der Waals surface area contributed by atoms with E-state index in [0.29, 0.717) is 18.4 Å². The molecule has 0 radical (unpaired) electrons. The monoisotopic (exact) mass is 376 g/mol. The van der Waals surface area contributed by atoms with Crippen LogP contribution in [0.1, 0.15) is 33.6 Å². The highest BCUT2D eigenvalue weighted by molar-refractivity contribution is 5.93. The largest absolute Gasteiger partial charge is 0.458 e. The lowest BCUT2D eigenvalue weighted by atomic mass is 9.46. The van der Waals surface area contributed by atoms with Crippen molar-refractivity contribution in [3.63, 3.8) is 0 Å². The molecule has 0 amide bonds. The summed E-state index contributed by atoms with van der Waals surface area (Å²) in [6.07, 6.45) is -0.861. The number of epoxide rings is 3. The molecule has 146 valence electrons. The number of rotatable bonds is 1. The van der Waals surface area contributed by atoms with Gasteiger partial charge in [0.15, 0.2) is 5.60 Å². The number of hydrogen-bond donors (Lipinski definition) is 2. The van der Waals surface area contributed by atoms with E-state index in [0.717, 1.165) is 5.57 Å². The standard InChI is InChI=1S/C20H24O7/c1-7(2)18-13(26-18)14-20(27-14)17(3)5-10(21)12-8(6-24-15(12)22)9(17)4-11-19(20,25-11)16(18)23/h7,9-11,13-14,16,21,23H,4-6H2,1-3H3/t9-,10-,11-,13?,14-,16+,17-,18?,19+,20+/m1/s1. The molecule has 4 heterocycles. The van der Waals surface area contributed by atoms with Gasteiger partial charge in [-0.3, -0.25) is 0 Å². The molecule has 7 heteroatoms. The number of esters is 1.